The Morgan fingerprint density at radius 1 is 1.22 bits per heavy atom. The Bertz CT molecular complexity index is 690. The number of para-hydroxylation sites is 1. The monoisotopic (exact) mass is 329 g/mol. The van der Waals surface area contributed by atoms with Crippen LogP contribution < -0.4 is 5.32 Å². The van der Waals surface area contributed by atoms with E-state index in [0.717, 1.165) is 16.1 Å². The Hall–Kier alpha value is -2.40. The number of amides is 1. The maximum atomic E-state index is 11.9. The molecule has 0 saturated heterocycles. The summed E-state index contributed by atoms with van der Waals surface area (Å²) in [4.78, 5) is 24.5. The van der Waals surface area contributed by atoms with Crippen molar-refractivity contribution in [1.29, 1.82) is 0 Å². The Morgan fingerprint density at radius 3 is 2.70 bits per heavy atom. The number of hydrogen-bond acceptors (Lipinski definition) is 4. The SMILES string of the molecule is CC(C)c1ccccc1NC(=O)COC(=O)/C=C/c1cccs1. The fourth-order valence-electron chi connectivity index (χ4n) is 2.02. The van der Waals surface area contributed by atoms with Gasteiger partial charge in [-0.2, -0.15) is 0 Å². The molecule has 0 bridgehead atoms. The van der Waals surface area contributed by atoms with Crippen LogP contribution >= 0.6 is 11.3 Å². The smallest absolute Gasteiger partial charge is 0.331 e. The minimum Gasteiger partial charge on any atom is -0.452 e. The third-order valence-corrected chi connectivity index (χ3v) is 3.97. The summed E-state index contributed by atoms with van der Waals surface area (Å²) in [5.41, 5.74) is 1.79. The van der Waals surface area contributed by atoms with E-state index in [1.807, 2.05) is 41.8 Å². The van der Waals surface area contributed by atoms with Gasteiger partial charge >= 0.3 is 5.97 Å². The largest absolute Gasteiger partial charge is 0.452 e. The molecule has 5 heteroatoms. The molecular formula is C18H19NO3S. The molecule has 0 saturated carbocycles. The van der Waals surface area contributed by atoms with Gasteiger partial charge in [0.25, 0.3) is 5.91 Å². The van der Waals surface area contributed by atoms with Crippen molar-refractivity contribution in [3.63, 3.8) is 0 Å². The van der Waals surface area contributed by atoms with Crippen molar-refractivity contribution in [1.82, 2.24) is 0 Å². The lowest BCUT2D eigenvalue weighted by molar-refractivity contribution is -0.142. The lowest BCUT2D eigenvalue weighted by Crippen LogP contribution is -2.21. The van der Waals surface area contributed by atoms with Crippen LogP contribution in [0, 0.1) is 0 Å². The molecule has 120 valence electrons. The minimum absolute atomic E-state index is 0.294. The zero-order valence-corrected chi connectivity index (χ0v) is 13.9. The van der Waals surface area contributed by atoms with E-state index < -0.39 is 5.97 Å². The molecule has 0 radical (unpaired) electrons. The highest BCUT2D eigenvalue weighted by molar-refractivity contribution is 7.10. The topological polar surface area (TPSA) is 55.4 Å². The highest BCUT2D eigenvalue weighted by Gasteiger charge is 2.10. The van der Waals surface area contributed by atoms with E-state index in [1.165, 1.54) is 17.4 Å². The molecule has 0 unspecified atom stereocenters. The fourth-order valence-corrected chi connectivity index (χ4v) is 2.64. The van der Waals surface area contributed by atoms with E-state index >= 15 is 0 Å². The molecule has 0 atom stereocenters. The van der Waals surface area contributed by atoms with Crippen LogP contribution in [0.5, 0.6) is 0 Å². The maximum Gasteiger partial charge on any atom is 0.331 e. The van der Waals surface area contributed by atoms with Gasteiger partial charge in [-0.3, -0.25) is 4.79 Å². The van der Waals surface area contributed by atoms with Gasteiger partial charge in [-0.05, 0) is 35.1 Å². The van der Waals surface area contributed by atoms with E-state index in [0.29, 0.717) is 5.92 Å². The van der Waals surface area contributed by atoms with Gasteiger partial charge in [-0.25, -0.2) is 4.79 Å². The maximum absolute atomic E-state index is 11.9. The summed E-state index contributed by atoms with van der Waals surface area (Å²) in [6.07, 6.45) is 2.99. The van der Waals surface area contributed by atoms with Crippen LogP contribution in [0.4, 0.5) is 5.69 Å². The molecule has 1 aromatic carbocycles. The van der Waals surface area contributed by atoms with Gasteiger partial charge in [-0.1, -0.05) is 38.1 Å². The van der Waals surface area contributed by atoms with E-state index in [9.17, 15) is 9.59 Å². The van der Waals surface area contributed by atoms with Crippen molar-refractivity contribution in [2.45, 2.75) is 19.8 Å². The summed E-state index contributed by atoms with van der Waals surface area (Å²) >= 11 is 1.52. The first-order valence-corrected chi connectivity index (χ1v) is 8.21. The zero-order chi connectivity index (χ0) is 16.7. The number of carbonyl (C=O) groups excluding carboxylic acids is 2. The number of esters is 1. The Morgan fingerprint density at radius 2 is 2.00 bits per heavy atom. The number of carbonyl (C=O) groups is 2. The molecular weight excluding hydrogens is 310 g/mol. The normalized spacial score (nSPS) is 10.9. The first-order valence-electron chi connectivity index (χ1n) is 7.33. The third-order valence-electron chi connectivity index (χ3n) is 3.13. The van der Waals surface area contributed by atoms with E-state index in [-0.39, 0.29) is 12.5 Å². The molecule has 23 heavy (non-hydrogen) atoms. The van der Waals surface area contributed by atoms with Crippen LogP contribution in [-0.4, -0.2) is 18.5 Å². The Balaban J connectivity index is 1.85. The number of hydrogen-bond donors (Lipinski definition) is 1. The molecule has 4 nitrogen and oxygen atoms in total. The zero-order valence-electron chi connectivity index (χ0n) is 13.1. The number of anilines is 1. The van der Waals surface area contributed by atoms with Crippen molar-refractivity contribution >= 4 is 35.0 Å². The van der Waals surface area contributed by atoms with Crippen LogP contribution in [0.2, 0.25) is 0 Å². The van der Waals surface area contributed by atoms with Crippen LogP contribution in [0.1, 0.15) is 30.2 Å². The molecule has 2 aromatic rings. The molecule has 0 aliphatic rings. The molecule has 0 aliphatic carbocycles. The molecule has 0 fully saturated rings. The highest BCUT2D eigenvalue weighted by atomic mass is 32.1. The summed E-state index contributed by atoms with van der Waals surface area (Å²) in [5, 5.41) is 4.70. The summed E-state index contributed by atoms with van der Waals surface area (Å²) in [6.45, 7) is 3.81. The van der Waals surface area contributed by atoms with Crippen molar-refractivity contribution in [3.8, 4) is 0 Å². The second kappa shape index (κ2) is 8.29. The standard InChI is InChI=1S/C18H19NO3S/c1-13(2)15-7-3-4-8-16(15)19-17(20)12-22-18(21)10-9-14-6-5-11-23-14/h3-11,13H,12H2,1-2H3,(H,19,20)/b10-9+. The summed E-state index contributed by atoms with van der Waals surface area (Å²) in [7, 11) is 0. The summed E-state index contributed by atoms with van der Waals surface area (Å²) < 4.78 is 4.94. The van der Waals surface area contributed by atoms with Gasteiger partial charge in [0.15, 0.2) is 6.61 Å². The second-order valence-electron chi connectivity index (χ2n) is 5.25. The number of thiophene rings is 1. The number of rotatable bonds is 6. The average Bonchev–Trinajstić information content (AvgIpc) is 3.04. The van der Waals surface area contributed by atoms with Crippen LogP contribution in [0.15, 0.2) is 47.9 Å². The van der Waals surface area contributed by atoms with Gasteiger partial charge in [0.2, 0.25) is 0 Å². The summed E-state index contributed by atoms with van der Waals surface area (Å²) in [6, 6.07) is 11.4. The summed E-state index contributed by atoms with van der Waals surface area (Å²) in [5.74, 6) is -0.593. The number of ether oxygens (including phenoxy) is 1. The predicted molar refractivity (Wildman–Crippen MR) is 93.5 cm³/mol. The molecule has 1 amide bonds. The van der Waals surface area contributed by atoms with Crippen LogP contribution in [-0.2, 0) is 14.3 Å². The van der Waals surface area contributed by atoms with Crippen molar-refractivity contribution in [2.24, 2.45) is 0 Å². The Labute approximate surface area is 139 Å². The van der Waals surface area contributed by atoms with Gasteiger partial charge in [0.05, 0.1) is 0 Å². The fraction of sp³-hybridized carbons (Fsp3) is 0.222. The molecule has 0 spiro atoms. The first-order chi connectivity index (χ1) is 11.1. The molecule has 1 aromatic heterocycles. The minimum atomic E-state index is -0.536. The third kappa shape index (κ3) is 5.38. The van der Waals surface area contributed by atoms with Crippen molar-refractivity contribution in [3.05, 3.63) is 58.3 Å². The van der Waals surface area contributed by atoms with E-state index in [1.54, 1.807) is 6.08 Å². The van der Waals surface area contributed by atoms with E-state index in [4.69, 9.17) is 4.74 Å². The average molecular weight is 329 g/mol. The van der Waals surface area contributed by atoms with Gasteiger partial charge in [-0.15, -0.1) is 11.3 Å². The number of benzene rings is 1. The van der Waals surface area contributed by atoms with Gasteiger partial charge < -0.3 is 10.1 Å². The molecule has 0 aliphatic heterocycles. The second-order valence-corrected chi connectivity index (χ2v) is 6.23. The molecule has 1 N–H and O–H groups in total. The molecule has 2 rings (SSSR count). The Kier molecular flexibility index (Phi) is 6.11. The highest BCUT2D eigenvalue weighted by Crippen LogP contribution is 2.23. The van der Waals surface area contributed by atoms with E-state index in [2.05, 4.69) is 19.2 Å². The first kappa shape index (κ1) is 17.0. The number of nitrogens with one attached hydrogen (secondary N) is 1. The van der Waals surface area contributed by atoms with Crippen LogP contribution in [0.3, 0.4) is 0 Å². The van der Waals surface area contributed by atoms with Crippen LogP contribution in [0.25, 0.3) is 6.08 Å². The lowest BCUT2D eigenvalue weighted by atomic mass is 10.0. The van der Waals surface area contributed by atoms with Crippen molar-refractivity contribution < 1.29 is 14.3 Å². The predicted octanol–water partition coefficient (Wildman–Crippen LogP) is 4.07. The molecule has 1 heterocycles. The quantitative estimate of drug-likeness (QED) is 0.642. The van der Waals surface area contributed by atoms with Gasteiger partial charge in [0.1, 0.15) is 0 Å². The van der Waals surface area contributed by atoms with Crippen molar-refractivity contribution in [2.75, 3.05) is 11.9 Å². The lowest BCUT2D eigenvalue weighted by Gasteiger charge is -2.13. The van der Waals surface area contributed by atoms with Gasteiger partial charge in [0, 0.05) is 16.6 Å².